The monoisotopic (exact) mass is 259 g/mol. The number of fused-ring (bicyclic) bond motifs is 1. The van der Waals surface area contributed by atoms with Crippen LogP contribution in [0.25, 0.3) is 10.9 Å². The van der Waals surface area contributed by atoms with Crippen LogP contribution in [0, 0.1) is 6.92 Å². The molecule has 0 aliphatic rings. The molecule has 0 atom stereocenters. The van der Waals surface area contributed by atoms with Gasteiger partial charge in [-0.25, -0.2) is 0 Å². The lowest BCUT2D eigenvalue weighted by Gasteiger charge is -2.17. The molecule has 2 rings (SSSR count). The molecule has 0 aliphatic heterocycles. The van der Waals surface area contributed by atoms with Crippen LogP contribution in [0.4, 0.5) is 0 Å². The summed E-state index contributed by atoms with van der Waals surface area (Å²) in [7, 11) is 0. The quantitative estimate of drug-likeness (QED) is 0.788. The van der Waals surface area contributed by atoms with Gasteiger partial charge in [-0.15, -0.1) is 0 Å². The first-order valence-corrected chi connectivity index (χ1v) is 6.48. The van der Waals surface area contributed by atoms with E-state index in [1.807, 2.05) is 39.0 Å². The van der Waals surface area contributed by atoms with Gasteiger partial charge in [0, 0.05) is 35.1 Å². The molecule has 1 amide bonds. The van der Waals surface area contributed by atoms with E-state index >= 15 is 0 Å². The van der Waals surface area contributed by atoms with Crippen molar-refractivity contribution in [2.24, 2.45) is 5.73 Å². The van der Waals surface area contributed by atoms with Crippen molar-refractivity contribution in [3.63, 3.8) is 0 Å². The zero-order valence-corrected chi connectivity index (χ0v) is 11.7. The van der Waals surface area contributed by atoms with Crippen LogP contribution < -0.4 is 11.1 Å². The maximum atomic E-state index is 11.8. The van der Waals surface area contributed by atoms with E-state index in [0.717, 1.165) is 22.2 Å². The molecule has 0 saturated carbocycles. The topological polar surface area (TPSA) is 70.9 Å². The Balaban J connectivity index is 2.10. The fraction of sp³-hybridized carbons (Fsp3) is 0.400. The first-order chi connectivity index (χ1) is 8.87. The van der Waals surface area contributed by atoms with E-state index < -0.39 is 5.54 Å². The molecule has 0 saturated heterocycles. The maximum absolute atomic E-state index is 11.8. The van der Waals surface area contributed by atoms with Crippen LogP contribution in [0.2, 0.25) is 0 Å². The second-order valence-corrected chi connectivity index (χ2v) is 5.72. The first kappa shape index (κ1) is 13.6. The Hall–Kier alpha value is -1.81. The average molecular weight is 259 g/mol. The molecule has 1 aromatic heterocycles. The Morgan fingerprint density at radius 1 is 1.37 bits per heavy atom. The van der Waals surface area contributed by atoms with Crippen molar-refractivity contribution in [2.45, 2.75) is 39.3 Å². The second-order valence-electron chi connectivity index (χ2n) is 5.72. The van der Waals surface area contributed by atoms with Crippen LogP contribution in [0.15, 0.2) is 24.3 Å². The van der Waals surface area contributed by atoms with Gasteiger partial charge in [-0.3, -0.25) is 4.79 Å². The highest BCUT2D eigenvalue weighted by molar-refractivity contribution is 5.85. The molecule has 0 aliphatic carbocycles. The van der Waals surface area contributed by atoms with E-state index in [0.29, 0.717) is 13.0 Å². The van der Waals surface area contributed by atoms with Gasteiger partial charge in [-0.05, 0) is 32.4 Å². The van der Waals surface area contributed by atoms with Crippen molar-refractivity contribution >= 4 is 16.8 Å². The minimum Gasteiger partial charge on any atom is -0.358 e. The van der Waals surface area contributed by atoms with Crippen LogP contribution in [0.5, 0.6) is 0 Å². The number of nitrogens with two attached hydrogens (primary N) is 1. The minimum absolute atomic E-state index is 0.0165. The molecule has 4 nitrogen and oxygen atoms in total. The van der Waals surface area contributed by atoms with Gasteiger partial charge in [0.2, 0.25) is 5.91 Å². The number of amides is 1. The fourth-order valence-electron chi connectivity index (χ4n) is 2.23. The molecule has 102 valence electrons. The normalized spacial score (nSPS) is 11.8. The van der Waals surface area contributed by atoms with Gasteiger partial charge in [0.05, 0.1) is 0 Å². The number of benzene rings is 1. The highest BCUT2D eigenvalue weighted by Gasteiger charge is 2.16. The maximum Gasteiger partial charge on any atom is 0.222 e. The number of aromatic nitrogens is 1. The lowest BCUT2D eigenvalue weighted by atomic mass is 10.0. The predicted octanol–water partition coefficient (Wildman–Crippen LogP) is 2.22. The number of rotatable bonds is 4. The summed E-state index contributed by atoms with van der Waals surface area (Å²) in [5.41, 5.74) is 8.70. The van der Waals surface area contributed by atoms with Crippen molar-refractivity contribution in [3.05, 3.63) is 35.5 Å². The molecule has 19 heavy (non-hydrogen) atoms. The Morgan fingerprint density at radius 2 is 2.05 bits per heavy atom. The summed E-state index contributed by atoms with van der Waals surface area (Å²) in [5.74, 6) is -0.0165. The number of aryl methyl sites for hydroxylation is 1. The summed E-state index contributed by atoms with van der Waals surface area (Å²) in [6.45, 7) is 6.26. The molecule has 0 fully saturated rings. The van der Waals surface area contributed by atoms with Gasteiger partial charge in [0.1, 0.15) is 0 Å². The summed E-state index contributed by atoms with van der Waals surface area (Å²) < 4.78 is 0. The third-order valence-corrected chi connectivity index (χ3v) is 3.11. The van der Waals surface area contributed by atoms with Crippen molar-refractivity contribution in [2.75, 3.05) is 0 Å². The van der Waals surface area contributed by atoms with Crippen molar-refractivity contribution in [1.29, 1.82) is 0 Å². The number of nitrogens with one attached hydrogen (secondary N) is 2. The van der Waals surface area contributed by atoms with Gasteiger partial charge in [0.25, 0.3) is 0 Å². The van der Waals surface area contributed by atoms with Crippen LogP contribution in [-0.2, 0) is 11.3 Å². The molecule has 4 N–H and O–H groups in total. The molecule has 1 heterocycles. The van der Waals surface area contributed by atoms with E-state index in [-0.39, 0.29) is 5.91 Å². The zero-order valence-electron chi connectivity index (χ0n) is 11.7. The second kappa shape index (κ2) is 5.05. The van der Waals surface area contributed by atoms with Crippen molar-refractivity contribution in [1.82, 2.24) is 10.3 Å². The molecule has 0 spiro atoms. The lowest BCUT2D eigenvalue weighted by molar-refractivity contribution is -0.122. The Kier molecular flexibility index (Phi) is 3.62. The molecule has 0 bridgehead atoms. The van der Waals surface area contributed by atoms with Gasteiger partial charge < -0.3 is 16.0 Å². The van der Waals surface area contributed by atoms with E-state index in [4.69, 9.17) is 5.73 Å². The highest BCUT2D eigenvalue weighted by Crippen LogP contribution is 2.21. The Bertz CT molecular complexity index is 593. The summed E-state index contributed by atoms with van der Waals surface area (Å²) in [6, 6.07) is 8.10. The summed E-state index contributed by atoms with van der Waals surface area (Å²) in [6.07, 6.45) is 0.328. The first-order valence-electron chi connectivity index (χ1n) is 6.48. The molecule has 1 aromatic carbocycles. The van der Waals surface area contributed by atoms with E-state index in [2.05, 4.69) is 16.4 Å². The lowest BCUT2D eigenvalue weighted by Crippen LogP contribution is -2.38. The molecular formula is C15H21N3O. The van der Waals surface area contributed by atoms with Gasteiger partial charge >= 0.3 is 0 Å². The van der Waals surface area contributed by atoms with Gasteiger partial charge in [0.15, 0.2) is 0 Å². The highest BCUT2D eigenvalue weighted by atomic mass is 16.1. The number of carbonyl (C=O) groups excluding carboxylic acids is 1. The largest absolute Gasteiger partial charge is 0.358 e. The molecule has 4 heteroatoms. The third kappa shape index (κ3) is 3.35. The fourth-order valence-corrected chi connectivity index (χ4v) is 2.23. The average Bonchev–Trinajstić information content (AvgIpc) is 2.60. The number of H-pyrrole nitrogens is 1. The minimum atomic E-state index is -0.473. The van der Waals surface area contributed by atoms with Crippen LogP contribution >= 0.6 is 0 Å². The third-order valence-electron chi connectivity index (χ3n) is 3.11. The van der Waals surface area contributed by atoms with Gasteiger partial charge in [-0.1, -0.05) is 18.2 Å². The molecule has 0 unspecified atom stereocenters. The molecular weight excluding hydrogens is 238 g/mol. The van der Waals surface area contributed by atoms with Crippen LogP contribution in [-0.4, -0.2) is 16.4 Å². The van der Waals surface area contributed by atoms with E-state index in [1.165, 1.54) is 0 Å². The number of aromatic amines is 1. The summed E-state index contributed by atoms with van der Waals surface area (Å²) in [5, 5.41) is 4.10. The zero-order chi connectivity index (χ0) is 14.0. The predicted molar refractivity (Wildman–Crippen MR) is 77.8 cm³/mol. The van der Waals surface area contributed by atoms with Crippen molar-refractivity contribution < 1.29 is 4.79 Å². The summed E-state index contributed by atoms with van der Waals surface area (Å²) in [4.78, 5) is 15.1. The Morgan fingerprint density at radius 3 is 2.74 bits per heavy atom. The van der Waals surface area contributed by atoms with E-state index in [1.54, 1.807) is 0 Å². The smallest absolute Gasteiger partial charge is 0.222 e. The van der Waals surface area contributed by atoms with Crippen LogP contribution in [0.3, 0.4) is 0 Å². The number of hydrogen-bond donors (Lipinski definition) is 3. The number of carbonyl (C=O) groups is 1. The van der Waals surface area contributed by atoms with Gasteiger partial charge in [-0.2, -0.15) is 0 Å². The molecule has 2 aromatic rings. The molecule has 0 radical (unpaired) electrons. The Labute approximate surface area is 113 Å². The SMILES string of the molecule is Cc1[nH]c2ccccc2c1CNC(=O)CC(C)(C)N. The number of para-hydroxylation sites is 1. The van der Waals surface area contributed by atoms with E-state index in [9.17, 15) is 4.79 Å². The van der Waals surface area contributed by atoms with Crippen LogP contribution in [0.1, 0.15) is 31.5 Å². The number of hydrogen-bond acceptors (Lipinski definition) is 2. The van der Waals surface area contributed by atoms with Crippen molar-refractivity contribution in [3.8, 4) is 0 Å². The standard InChI is InChI=1S/C15H21N3O/c1-10-12(9-17-14(19)8-15(2,3)16)11-6-4-5-7-13(11)18-10/h4-7,18H,8-9,16H2,1-3H3,(H,17,19). The summed E-state index contributed by atoms with van der Waals surface area (Å²) >= 11 is 0.